The molecule has 1 unspecified atom stereocenters. The molecule has 10 aromatic carbocycles. The minimum atomic E-state index is -0.320. The molecule has 1 atom stereocenters. The lowest BCUT2D eigenvalue weighted by molar-refractivity contribution is 0.714. The Balaban J connectivity index is 1.22. The molecular formula is C58H41N. The first-order valence-corrected chi connectivity index (χ1v) is 20.5. The molecule has 1 nitrogen and oxygen atoms in total. The molecule has 0 fully saturated rings. The van der Waals surface area contributed by atoms with E-state index in [1.807, 2.05) is 0 Å². The van der Waals surface area contributed by atoms with Crippen LogP contribution in [-0.4, -0.2) is 0 Å². The molecule has 11 rings (SSSR count). The van der Waals surface area contributed by atoms with E-state index in [2.05, 4.69) is 242 Å². The second-order valence-electron chi connectivity index (χ2n) is 15.7. The maximum absolute atomic E-state index is 2.49. The van der Waals surface area contributed by atoms with E-state index in [1.54, 1.807) is 0 Å². The SMILES string of the molecule is CC1(c2ccccc2)c2ccccc2-c2c(N(c3ccc(-c4ccccc4)cc3)c3ccc4c(c3)c(-c3ccccc3)c(-c3ccccc3)c3ccccc34)cccc21. The number of nitrogens with zero attached hydrogens (tertiary/aromatic N) is 1. The second-order valence-corrected chi connectivity index (χ2v) is 15.7. The quantitative estimate of drug-likeness (QED) is 0.147. The van der Waals surface area contributed by atoms with Crippen molar-refractivity contribution in [1.29, 1.82) is 0 Å². The summed E-state index contributed by atoms with van der Waals surface area (Å²) in [6.07, 6.45) is 0. The standard InChI is InChI=1S/C58H41N/c1-58(44-25-12-5-13-26-44)52-30-17-16-29-50(52)57-53(58)31-18-32-54(57)59(45-35-33-41(34-36-45)40-19-6-2-7-20-40)46-37-38-48-47-27-14-15-28-49(47)55(42-21-8-3-9-22-42)56(51(48)39-46)43-23-10-4-11-24-43/h2-39H,1H3. The Labute approximate surface area is 346 Å². The Morgan fingerprint density at radius 1 is 0.322 bits per heavy atom. The first-order chi connectivity index (χ1) is 29.2. The Morgan fingerprint density at radius 3 is 1.49 bits per heavy atom. The largest absolute Gasteiger partial charge is 0.310 e. The van der Waals surface area contributed by atoms with E-state index in [9.17, 15) is 0 Å². The first-order valence-electron chi connectivity index (χ1n) is 20.5. The molecule has 0 aliphatic heterocycles. The summed E-state index contributed by atoms with van der Waals surface area (Å²) in [5.74, 6) is 0. The number of benzene rings is 10. The van der Waals surface area contributed by atoms with Crippen molar-refractivity contribution in [2.24, 2.45) is 0 Å². The molecule has 0 heterocycles. The van der Waals surface area contributed by atoms with Gasteiger partial charge in [-0.1, -0.05) is 200 Å². The zero-order valence-electron chi connectivity index (χ0n) is 32.9. The molecule has 0 spiro atoms. The minimum absolute atomic E-state index is 0.320. The fourth-order valence-corrected chi connectivity index (χ4v) is 9.78. The summed E-state index contributed by atoms with van der Waals surface area (Å²) in [7, 11) is 0. The van der Waals surface area contributed by atoms with E-state index < -0.39 is 0 Å². The molecule has 10 aromatic rings. The fraction of sp³-hybridized carbons (Fsp3) is 0.0345. The molecule has 0 saturated carbocycles. The van der Waals surface area contributed by atoms with Crippen LogP contribution >= 0.6 is 0 Å². The Kier molecular flexibility index (Phi) is 8.34. The summed E-state index contributed by atoms with van der Waals surface area (Å²) in [6, 6.07) is 84.6. The summed E-state index contributed by atoms with van der Waals surface area (Å²) < 4.78 is 0. The van der Waals surface area contributed by atoms with E-state index in [0.717, 1.165) is 17.1 Å². The number of fused-ring (bicyclic) bond motifs is 6. The van der Waals surface area contributed by atoms with Crippen molar-refractivity contribution in [2.45, 2.75) is 12.3 Å². The maximum atomic E-state index is 2.49. The van der Waals surface area contributed by atoms with E-state index >= 15 is 0 Å². The van der Waals surface area contributed by atoms with E-state index in [-0.39, 0.29) is 5.41 Å². The summed E-state index contributed by atoms with van der Waals surface area (Å²) in [5, 5.41) is 4.96. The van der Waals surface area contributed by atoms with Gasteiger partial charge >= 0.3 is 0 Å². The van der Waals surface area contributed by atoms with Gasteiger partial charge in [0.2, 0.25) is 0 Å². The highest BCUT2D eigenvalue weighted by atomic mass is 15.1. The molecule has 1 heteroatoms. The number of rotatable bonds is 7. The Morgan fingerprint density at radius 2 is 0.814 bits per heavy atom. The zero-order chi connectivity index (χ0) is 39.3. The van der Waals surface area contributed by atoms with Crippen LogP contribution < -0.4 is 4.90 Å². The van der Waals surface area contributed by atoms with Crippen LogP contribution in [0.4, 0.5) is 17.1 Å². The molecule has 1 aliphatic carbocycles. The molecule has 0 aromatic heterocycles. The van der Waals surface area contributed by atoms with Crippen molar-refractivity contribution in [3.8, 4) is 44.5 Å². The molecule has 0 N–H and O–H groups in total. The lowest BCUT2D eigenvalue weighted by atomic mass is 9.74. The first kappa shape index (κ1) is 34.7. The van der Waals surface area contributed by atoms with Gasteiger partial charge in [-0.25, -0.2) is 0 Å². The zero-order valence-corrected chi connectivity index (χ0v) is 32.9. The van der Waals surface area contributed by atoms with Crippen LogP contribution in [0.2, 0.25) is 0 Å². The normalized spacial score (nSPS) is 14.3. The van der Waals surface area contributed by atoms with Gasteiger partial charge < -0.3 is 4.90 Å². The maximum Gasteiger partial charge on any atom is 0.0543 e. The van der Waals surface area contributed by atoms with Gasteiger partial charge in [-0.05, 0) is 114 Å². The van der Waals surface area contributed by atoms with E-state index in [1.165, 1.54) is 82.7 Å². The van der Waals surface area contributed by atoms with Gasteiger partial charge in [0.05, 0.1) is 5.69 Å². The smallest absolute Gasteiger partial charge is 0.0543 e. The van der Waals surface area contributed by atoms with Crippen LogP contribution in [-0.2, 0) is 5.41 Å². The summed E-state index contributed by atoms with van der Waals surface area (Å²) in [4.78, 5) is 2.49. The topological polar surface area (TPSA) is 3.24 Å². The van der Waals surface area contributed by atoms with Crippen LogP contribution in [0.5, 0.6) is 0 Å². The van der Waals surface area contributed by atoms with Gasteiger partial charge in [-0.15, -0.1) is 0 Å². The van der Waals surface area contributed by atoms with Gasteiger partial charge in [0, 0.05) is 22.4 Å². The van der Waals surface area contributed by atoms with Crippen molar-refractivity contribution >= 4 is 38.6 Å². The Hall–Kier alpha value is -7.48. The van der Waals surface area contributed by atoms with Crippen molar-refractivity contribution < 1.29 is 0 Å². The van der Waals surface area contributed by atoms with E-state index in [4.69, 9.17) is 0 Å². The monoisotopic (exact) mass is 751 g/mol. The van der Waals surface area contributed by atoms with Gasteiger partial charge in [0.1, 0.15) is 0 Å². The predicted octanol–water partition coefficient (Wildman–Crippen LogP) is 15.8. The van der Waals surface area contributed by atoms with Crippen LogP contribution in [0, 0.1) is 0 Å². The molecule has 1 aliphatic rings. The van der Waals surface area contributed by atoms with Crippen LogP contribution in [0.3, 0.4) is 0 Å². The van der Waals surface area contributed by atoms with Gasteiger partial charge in [-0.3, -0.25) is 0 Å². The summed E-state index contributed by atoms with van der Waals surface area (Å²) in [5.41, 5.74) is 16.8. The molecule has 278 valence electrons. The third-order valence-electron chi connectivity index (χ3n) is 12.5. The third kappa shape index (κ3) is 5.62. The van der Waals surface area contributed by atoms with Crippen molar-refractivity contribution in [2.75, 3.05) is 4.90 Å². The molecule has 59 heavy (non-hydrogen) atoms. The van der Waals surface area contributed by atoms with Crippen LogP contribution in [0.1, 0.15) is 23.6 Å². The fourth-order valence-electron chi connectivity index (χ4n) is 9.78. The highest BCUT2D eigenvalue weighted by Gasteiger charge is 2.42. The van der Waals surface area contributed by atoms with Gasteiger partial charge in [-0.2, -0.15) is 0 Å². The molecule has 0 saturated heterocycles. The predicted molar refractivity (Wildman–Crippen MR) is 250 cm³/mol. The average Bonchev–Trinajstić information content (AvgIpc) is 3.59. The molecule has 0 bridgehead atoms. The number of hydrogen-bond acceptors (Lipinski definition) is 1. The molecular weight excluding hydrogens is 711 g/mol. The molecule has 0 radical (unpaired) electrons. The highest BCUT2D eigenvalue weighted by Crippen LogP contribution is 2.57. The van der Waals surface area contributed by atoms with Crippen LogP contribution in [0.15, 0.2) is 231 Å². The van der Waals surface area contributed by atoms with Crippen LogP contribution in [0.25, 0.3) is 66.1 Å². The second kappa shape index (κ2) is 14.2. The van der Waals surface area contributed by atoms with Crippen molar-refractivity contribution in [1.82, 2.24) is 0 Å². The van der Waals surface area contributed by atoms with E-state index in [0.29, 0.717) is 0 Å². The number of anilines is 3. The minimum Gasteiger partial charge on any atom is -0.310 e. The summed E-state index contributed by atoms with van der Waals surface area (Å²) in [6.45, 7) is 2.40. The lowest BCUT2D eigenvalue weighted by Gasteiger charge is -2.31. The van der Waals surface area contributed by atoms with Gasteiger partial charge in [0.15, 0.2) is 0 Å². The average molecular weight is 752 g/mol. The lowest BCUT2D eigenvalue weighted by Crippen LogP contribution is -2.22. The van der Waals surface area contributed by atoms with Crippen molar-refractivity contribution in [3.05, 3.63) is 247 Å². The third-order valence-corrected chi connectivity index (χ3v) is 12.5. The van der Waals surface area contributed by atoms with Crippen molar-refractivity contribution in [3.63, 3.8) is 0 Å². The summed E-state index contributed by atoms with van der Waals surface area (Å²) >= 11 is 0. The number of hydrogen-bond donors (Lipinski definition) is 0. The Bertz CT molecular complexity index is 3130. The van der Waals surface area contributed by atoms with Gasteiger partial charge in [0.25, 0.3) is 0 Å². The highest BCUT2D eigenvalue weighted by molar-refractivity contribution is 6.22. The molecule has 0 amide bonds.